The van der Waals surface area contributed by atoms with Gasteiger partial charge in [-0.2, -0.15) is 5.10 Å². The summed E-state index contributed by atoms with van der Waals surface area (Å²) in [5, 5.41) is 10.4. The van der Waals surface area contributed by atoms with E-state index in [1.807, 2.05) is 5.38 Å². The third-order valence-corrected chi connectivity index (χ3v) is 4.46. The molecule has 1 aliphatic rings. The molecule has 0 radical (unpaired) electrons. The fourth-order valence-electron chi connectivity index (χ4n) is 2.03. The van der Waals surface area contributed by atoms with Crippen molar-refractivity contribution in [2.75, 3.05) is 11.9 Å². The third kappa shape index (κ3) is 1.72. The van der Waals surface area contributed by atoms with E-state index in [0.29, 0.717) is 4.47 Å². The zero-order valence-corrected chi connectivity index (χ0v) is 11.7. The molecular weight excluding hydrogens is 318 g/mol. The van der Waals surface area contributed by atoms with Gasteiger partial charge in [0.25, 0.3) is 5.91 Å². The number of primary amides is 1. The van der Waals surface area contributed by atoms with Crippen LogP contribution in [0.3, 0.4) is 0 Å². The Kier molecular flexibility index (Phi) is 2.83. The minimum absolute atomic E-state index is 0.0608. The summed E-state index contributed by atoms with van der Waals surface area (Å²) in [6.45, 7) is 0.812. The highest BCUT2D eigenvalue weighted by Gasteiger charge is 2.29. The van der Waals surface area contributed by atoms with Crippen molar-refractivity contribution in [2.24, 2.45) is 5.73 Å². The first-order chi connectivity index (χ1) is 8.68. The smallest absolute Gasteiger partial charge is 0.270 e. The molecule has 3 N–H and O–H groups in total. The number of amides is 1. The first-order valence-electron chi connectivity index (χ1n) is 5.39. The van der Waals surface area contributed by atoms with Crippen LogP contribution in [-0.4, -0.2) is 27.2 Å². The molecule has 1 aliphatic heterocycles. The molecule has 94 valence electrons. The lowest BCUT2D eigenvalue weighted by atomic mass is 10.2. The lowest BCUT2D eigenvalue weighted by molar-refractivity contribution is 0.0994. The number of hydrogen-bond acceptors (Lipinski definition) is 5. The molecule has 0 aromatic carbocycles. The Morgan fingerprint density at radius 1 is 1.67 bits per heavy atom. The summed E-state index contributed by atoms with van der Waals surface area (Å²) in [7, 11) is 0. The fraction of sp³-hybridized carbons (Fsp3) is 0.300. The van der Waals surface area contributed by atoms with Gasteiger partial charge in [0.2, 0.25) is 0 Å². The number of anilines is 1. The number of nitrogens with two attached hydrogens (primary N) is 1. The minimum Gasteiger partial charge on any atom is -0.369 e. The van der Waals surface area contributed by atoms with Crippen molar-refractivity contribution in [3.63, 3.8) is 0 Å². The number of carbonyl (C=O) groups is 1. The van der Waals surface area contributed by atoms with Gasteiger partial charge in [-0.25, -0.2) is 9.67 Å². The molecule has 3 rings (SSSR count). The monoisotopic (exact) mass is 327 g/mol. The summed E-state index contributed by atoms with van der Waals surface area (Å²) < 4.78 is 2.41. The molecule has 0 saturated carbocycles. The van der Waals surface area contributed by atoms with Gasteiger partial charge in [-0.3, -0.25) is 4.79 Å². The Morgan fingerprint density at radius 2 is 2.50 bits per heavy atom. The second kappa shape index (κ2) is 4.36. The molecule has 1 amide bonds. The van der Waals surface area contributed by atoms with Gasteiger partial charge in [-0.15, -0.1) is 11.3 Å². The number of aromatic nitrogens is 3. The molecule has 0 saturated heterocycles. The maximum Gasteiger partial charge on any atom is 0.270 e. The number of nitrogens with one attached hydrogen (secondary N) is 1. The Labute approximate surface area is 115 Å². The zero-order chi connectivity index (χ0) is 12.7. The van der Waals surface area contributed by atoms with E-state index < -0.39 is 5.91 Å². The molecule has 1 unspecified atom stereocenters. The lowest BCUT2D eigenvalue weighted by Crippen LogP contribution is -2.24. The largest absolute Gasteiger partial charge is 0.369 e. The average molecular weight is 328 g/mol. The molecule has 3 heterocycles. The molecule has 0 bridgehead atoms. The van der Waals surface area contributed by atoms with Crippen LogP contribution in [0.25, 0.3) is 0 Å². The van der Waals surface area contributed by atoms with Gasteiger partial charge in [0, 0.05) is 18.1 Å². The Hall–Kier alpha value is -1.41. The fourth-order valence-corrected chi connectivity index (χ4v) is 3.39. The Balaban J connectivity index is 2.11. The summed E-state index contributed by atoms with van der Waals surface area (Å²) >= 11 is 4.95. The van der Waals surface area contributed by atoms with E-state index in [2.05, 4.69) is 31.3 Å². The first kappa shape index (κ1) is 11.7. The predicted octanol–water partition coefficient (Wildman–Crippen LogP) is 1.61. The number of hydrogen-bond donors (Lipinski definition) is 2. The van der Waals surface area contributed by atoms with Gasteiger partial charge >= 0.3 is 0 Å². The number of nitrogens with zero attached hydrogens (tertiary/aromatic N) is 3. The van der Waals surface area contributed by atoms with Crippen LogP contribution in [0.4, 0.5) is 5.82 Å². The second-order valence-corrected chi connectivity index (χ2v) is 5.64. The minimum atomic E-state index is -0.538. The van der Waals surface area contributed by atoms with E-state index in [4.69, 9.17) is 5.73 Å². The SMILES string of the molecule is NC(=O)c1nn2c(c1Br)NCCC2c1nccs1. The first-order valence-corrected chi connectivity index (χ1v) is 7.07. The van der Waals surface area contributed by atoms with Crippen LogP contribution in [-0.2, 0) is 0 Å². The van der Waals surface area contributed by atoms with Gasteiger partial charge < -0.3 is 11.1 Å². The van der Waals surface area contributed by atoms with E-state index in [-0.39, 0.29) is 11.7 Å². The van der Waals surface area contributed by atoms with Crippen LogP contribution >= 0.6 is 27.3 Å². The zero-order valence-electron chi connectivity index (χ0n) is 9.26. The molecule has 2 aromatic heterocycles. The van der Waals surface area contributed by atoms with Crippen molar-refractivity contribution >= 4 is 39.0 Å². The van der Waals surface area contributed by atoms with Crippen molar-refractivity contribution in [1.29, 1.82) is 0 Å². The Bertz CT molecular complexity index is 594. The predicted molar refractivity (Wildman–Crippen MR) is 71.8 cm³/mol. The van der Waals surface area contributed by atoms with Crippen molar-refractivity contribution < 1.29 is 4.79 Å². The van der Waals surface area contributed by atoms with E-state index in [1.54, 1.807) is 22.2 Å². The van der Waals surface area contributed by atoms with Gasteiger partial charge in [0.05, 0.1) is 4.47 Å². The van der Waals surface area contributed by atoms with Crippen LogP contribution < -0.4 is 11.1 Å². The van der Waals surface area contributed by atoms with Gasteiger partial charge in [0.15, 0.2) is 5.69 Å². The molecule has 0 aliphatic carbocycles. The van der Waals surface area contributed by atoms with Gasteiger partial charge in [-0.1, -0.05) is 0 Å². The maximum atomic E-state index is 11.3. The van der Waals surface area contributed by atoms with E-state index in [9.17, 15) is 4.79 Å². The number of fused-ring (bicyclic) bond motifs is 1. The molecular formula is C10H10BrN5OS. The standard InChI is InChI=1S/C10H10BrN5OS/c11-6-7(8(12)17)15-16-5(1-2-13-9(6)16)10-14-3-4-18-10/h3-5,13H,1-2H2,(H2,12,17). The van der Waals surface area contributed by atoms with Crippen LogP contribution in [0, 0.1) is 0 Å². The quantitative estimate of drug-likeness (QED) is 0.877. The Morgan fingerprint density at radius 3 is 3.17 bits per heavy atom. The van der Waals surface area contributed by atoms with Crippen LogP contribution in [0.15, 0.2) is 16.0 Å². The molecule has 6 nitrogen and oxygen atoms in total. The summed E-state index contributed by atoms with van der Waals surface area (Å²) in [6, 6.07) is 0.0608. The topological polar surface area (TPSA) is 85.8 Å². The number of carbonyl (C=O) groups excluding carboxylic acids is 1. The van der Waals surface area contributed by atoms with Gasteiger partial charge in [0.1, 0.15) is 16.9 Å². The molecule has 18 heavy (non-hydrogen) atoms. The van der Waals surface area contributed by atoms with Crippen LogP contribution in [0.1, 0.15) is 28.0 Å². The van der Waals surface area contributed by atoms with Crippen LogP contribution in [0.5, 0.6) is 0 Å². The molecule has 2 aromatic rings. The highest BCUT2D eigenvalue weighted by atomic mass is 79.9. The van der Waals surface area contributed by atoms with E-state index in [0.717, 1.165) is 23.8 Å². The van der Waals surface area contributed by atoms with Crippen molar-refractivity contribution in [1.82, 2.24) is 14.8 Å². The van der Waals surface area contributed by atoms with E-state index in [1.165, 1.54) is 0 Å². The maximum absolute atomic E-state index is 11.3. The highest BCUT2D eigenvalue weighted by Crippen LogP contribution is 2.36. The highest BCUT2D eigenvalue weighted by molar-refractivity contribution is 9.10. The van der Waals surface area contributed by atoms with Gasteiger partial charge in [-0.05, 0) is 22.4 Å². The molecule has 0 fully saturated rings. The number of thiazole rings is 1. The number of rotatable bonds is 2. The lowest BCUT2D eigenvalue weighted by Gasteiger charge is -2.24. The van der Waals surface area contributed by atoms with Crippen molar-refractivity contribution in [2.45, 2.75) is 12.5 Å². The van der Waals surface area contributed by atoms with Crippen molar-refractivity contribution in [3.05, 3.63) is 26.8 Å². The van der Waals surface area contributed by atoms with E-state index >= 15 is 0 Å². The summed E-state index contributed by atoms with van der Waals surface area (Å²) in [5.41, 5.74) is 5.56. The average Bonchev–Trinajstić information content (AvgIpc) is 2.97. The molecule has 8 heteroatoms. The van der Waals surface area contributed by atoms with Crippen molar-refractivity contribution in [3.8, 4) is 0 Å². The second-order valence-electron chi connectivity index (χ2n) is 3.92. The summed E-state index contributed by atoms with van der Waals surface area (Å²) in [4.78, 5) is 15.6. The molecule has 1 atom stereocenters. The normalized spacial score (nSPS) is 18.2. The number of halogens is 1. The third-order valence-electron chi connectivity index (χ3n) is 2.83. The summed E-state index contributed by atoms with van der Waals surface area (Å²) in [6.07, 6.45) is 2.65. The summed E-state index contributed by atoms with van der Waals surface area (Å²) in [5.74, 6) is 0.249. The molecule has 0 spiro atoms. The van der Waals surface area contributed by atoms with Crippen LogP contribution in [0.2, 0.25) is 0 Å².